The van der Waals surface area contributed by atoms with Crippen LogP contribution in [-0.2, 0) is 0 Å². The van der Waals surface area contributed by atoms with Crippen molar-refractivity contribution in [3.63, 3.8) is 0 Å². The fourth-order valence-electron chi connectivity index (χ4n) is 1.32. The molecule has 0 heteroatoms. The molecule has 0 spiro atoms. The summed E-state index contributed by atoms with van der Waals surface area (Å²) in [4.78, 5) is 0. The highest BCUT2D eigenvalue weighted by molar-refractivity contribution is 4.95. The third kappa shape index (κ3) is 11.5. The molecular weight excluding hydrogens is 168 g/mol. The van der Waals surface area contributed by atoms with E-state index in [1.807, 2.05) is 0 Å². The Labute approximate surface area is 91.1 Å². The van der Waals surface area contributed by atoms with Crippen LogP contribution >= 0.6 is 0 Å². The largest absolute Gasteiger partial charge is 0.106 e. The van der Waals surface area contributed by atoms with Crippen molar-refractivity contribution in [3.05, 3.63) is 24.8 Å². The maximum atomic E-state index is 3.00. The SMILES string of the molecule is C/C=C(/C)CCC(C)CCCC.C=C. The maximum Gasteiger partial charge on any atom is -0.0321 e. The molecule has 0 amide bonds. The molecule has 0 N–H and O–H groups in total. The van der Waals surface area contributed by atoms with E-state index in [1.165, 1.54) is 32.1 Å². The van der Waals surface area contributed by atoms with Crippen molar-refractivity contribution in [3.8, 4) is 0 Å². The van der Waals surface area contributed by atoms with Gasteiger partial charge in [-0.3, -0.25) is 0 Å². The van der Waals surface area contributed by atoms with E-state index in [1.54, 1.807) is 5.57 Å². The first kappa shape index (κ1) is 15.9. The lowest BCUT2D eigenvalue weighted by Crippen LogP contribution is -1.94. The molecule has 0 aromatic rings. The summed E-state index contributed by atoms with van der Waals surface area (Å²) >= 11 is 0. The molecule has 0 aliphatic rings. The molecule has 0 aromatic heterocycles. The summed E-state index contributed by atoms with van der Waals surface area (Å²) in [5.41, 5.74) is 1.54. The Morgan fingerprint density at radius 1 is 1.29 bits per heavy atom. The number of hydrogen-bond donors (Lipinski definition) is 0. The predicted octanol–water partition coefficient (Wildman–Crippen LogP) is 5.36. The Hall–Kier alpha value is -0.520. The van der Waals surface area contributed by atoms with Crippen LogP contribution in [0.25, 0.3) is 0 Å². The molecule has 0 bridgehead atoms. The van der Waals surface area contributed by atoms with Crippen molar-refractivity contribution in [2.45, 2.75) is 59.8 Å². The quantitative estimate of drug-likeness (QED) is 0.502. The van der Waals surface area contributed by atoms with E-state index in [4.69, 9.17) is 0 Å². The summed E-state index contributed by atoms with van der Waals surface area (Å²) < 4.78 is 0. The first-order valence-electron chi connectivity index (χ1n) is 5.82. The molecule has 1 unspecified atom stereocenters. The fourth-order valence-corrected chi connectivity index (χ4v) is 1.32. The van der Waals surface area contributed by atoms with E-state index in [2.05, 4.69) is 46.9 Å². The van der Waals surface area contributed by atoms with Gasteiger partial charge < -0.3 is 0 Å². The van der Waals surface area contributed by atoms with Crippen LogP contribution in [0.4, 0.5) is 0 Å². The van der Waals surface area contributed by atoms with E-state index in [0.717, 1.165) is 5.92 Å². The molecule has 0 fully saturated rings. The zero-order valence-electron chi connectivity index (χ0n) is 10.6. The molecule has 0 aromatic carbocycles. The molecule has 0 saturated carbocycles. The average molecular weight is 196 g/mol. The Morgan fingerprint density at radius 2 is 1.86 bits per heavy atom. The molecule has 0 radical (unpaired) electrons. The fraction of sp³-hybridized carbons (Fsp3) is 0.714. The third-order valence-electron chi connectivity index (χ3n) is 2.57. The molecule has 1 atom stereocenters. The smallest absolute Gasteiger partial charge is 0.0321 e. The van der Waals surface area contributed by atoms with Crippen molar-refractivity contribution < 1.29 is 0 Å². The van der Waals surface area contributed by atoms with E-state index in [-0.39, 0.29) is 0 Å². The van der Waals surface area contributed by atoms with Crippen LogP contribution in [0.5, 0.6) is 0 Å². The van der Waals surface area contributed by atoms with Crippen molar-refractivity contribution in [2.24, 2.45) is 5.92 Å². The minimum Gasteiger partial charge on any atom is -0.106 e. The van der Waals surface area contributed by atoms with E-state index in [0.29, 0.717) is 0 Å². The van der Waals surface area contributed by atoms with Gasteiger partial charge in [0.15, 0.2) is 0 Å². The van der Waals surface area contributed by atoms with Gasteiger partial charge in [-0.05, 0) is 32.6 Å². The monoisotopic (exact) mass is 196 g/mol. The minimum atomic E-state index is 0.917. The van der Waals surface area contributed by atoms with Crippen LogP contribution in [0.15, 0.2) is 24.8 Å². The standard InChI is InChI=1S/C12H24.C2H4/c1-5-7-8-12(4)10-9-11(3)6-2;1-2/h6,12H,5,7-10H2,1-4H3;1-2H2/b11-6-;. The van der Waals surface area contributed by atoms with Gasteiger partial charge in [0.05, 0.1) is 0 Å². The second-order valence-electron chi connectivity index (χ2n) is 3.92. The number of rotatable bonds is 6. The molecule has 0 saturated heterocycles. The first-order valence-corrected chi connectivity index (χ1v) is 5.82. The summed E-state index contributed by atoms with van der Waals surface area (Å²) in [6.45, 7) is 15.0. The van der Waals surface area contributed by atoms with Crippen molar-refractivity contribution in [1.29, 1.82) is 0 Å². The highest BCUT2D eigenvalue weighted by Crippen LogP contribution is 2.16. The van der Waals surface area contributed by atoms with Crippen LogP contribution in [0, 0.1) is 5.92 Å². The van der Waals surface area contributed by atoms with E-state index in [9.17, 15) is 0 Å². The lowest BCUT2D eigenvalue weighted by atomic mass is 9.97. The lowest BCUT2D eigenvalue weighted by molar-refractivity contribution is 0.471. The third-order valence-corrected chi connectivity index (χ3v) is 2.57. The molecule has 0 heterocycles. The molecule has 14 heavy (non-hydrogen) atoms. The topological polar surface area (TPSA) is 0 Å². The zero-order valence-corrected chi connectivity index (χ0v) is 10.6. The van der Waals surface area contributed by atoms with Crippen LogP contribution in [0.2, 0.25) is 0 Å². The average Bonchev–Trinajstić information content (AvgIpc) is 2.25. The van der Waals surface area contributed by atoms with Gasteiger partial charge in [0, 0.05) is 0 Å². The lowest BCUT2D eigenvalue weighted by Gasteiger charge is -2.09. The van der Waals surface area contributed by atoms with Gasteiger partial charge in [-0.25, -0.2) is 0 Å². The molecule has 0 nitrogen and oxygen atoms in total. The molecule has 0 rings (SSSR count). The van der Waals surface area contributed by atoms with Gasteiger partial charge in [-0.2, -0.15) is 0 Å². The number of unbranched alkanes of at least 4 members (excludes halogenated alkanes) is 1. The Bertz CT molecular complexity index is 133. The molecule has 84 valence electrons. The van der Waals surface area contributed by atoms with Crippen molar-refractivity contribution >= 4 is 0 Å². The molecular formula is C14H28. The zero-order chi connectivity index (χ0) is 11.4. The summed E-state index contributed by atoms with van der Waals surface area (Å²) in [6, 6.07) is 0. The normalized spacial score (nSPS) is 13.0. The second-order valence-corrected chi connectivity index (χ2v) is 3.92. The Kier molecular flexibility index (Phi) is 14.2. The van der Waals surface area contributed by atoms with Gasteiger partial charge in [-0.1, -0.05) is 44.8 Å². The van der Waals surface area contributed by atoms with E-state index >= 15 is 0 Å². The second kappa shape index (κ2) is 12.5. The summed E-state index contributed by atoms with van der Waals surface area (Å²) in [7, 11) is 0. The minimum absolute atomic E-state index is 0.917. The van der Waals surface area contributed by atoms with Gasteiger partial charge >= 0.3 is 0 Å². The van der Waals surface area contributed by atoms with Gasteiger partial charge in [0.1, 0.15) is 0 Å². The summed E-state index contributed by atoms with van der Waals surface area (Å²) in [5, 5.41) is 0. The number of allylic oxidation sites excluding steroid dienone is 2. The predicted molar refractivity (Wildman–Crippen MR) is 68.6 cm³/mol. The summed E-state index contributed by atoms with van der Waals surface area (Å²) in [5.74, 6) is 0.917. The van der Waals surface area contributed by atoms with Gasteiger partial charge in [-0.15, -0.1) is 13.2 Å². The van der Waals surface area contributed by atoms with Crippen LogP contribution in [0.1, 0.15) is 59.8 Å². The Balaban J connectivity index is 0. The van der Waals surface area contributed by atoms with Gasteiger partial charge in [0.25, 0.3) is 0 Å². The first-order chi connectivity index (χ1) is 6.70. The maximum absolute atomic E-state index is 3.00. The van der Waals surface area contributed by atoms with Crippen molar-refractivity contribution in [1.82, 2.24) is 0 Å². The van der Waals surface area contributed by atoms with Crippen LogP contribution in [-0.4, -0.2) is 0 Å². The number of hydrogen-bond acceptors (Lipinski definition) is 0. The van der Waals surface area contributed by atoms with Gasteiger partial charge in [0.2, 0.25) is 0 Å². The summed E-state index contributed by atoms with van der Waals surface area (Å²) in [6.07, 6.45) is 9.04. The molecule has 0 aliphatic heterocycles. The highest BCUT2D eigenvalue weighted by atomic mass is 14.1. The molecule has 0 aliphatic carbocycles. The Morgan fingerprint density at radius 3 is 2.29 bits per heavy atom. The van der Waals surface area contributed by atoms with E-state index < -0.39 is 0 Å². The highest BCUT2D eigenvalue weighted by Gasteiger charge is 2.00. The van der Waals surface area contributed by atoms with Crippen molar-refractivity contribution in [2.75, 3.05) is 0 Å². The van der Waals surface area contributed by atoms with Crippen LogP contribution in [0.3, 0.4) is 0 Å². The van der Waals surface area contributed by atoms with Crippen LogP contribution < -0.4 is 0 Å².